The molecular formula is C19H25N3OS. The summed E-state index contributed by atoms with van der Waals surface area (Å²) in [6, 6.07) is 10.5. The average Bonchev–Trinajstić information content (AvgIpc) is 3.07. The topological polar surface area (TPSA) is 44.4 Å². The highest BCUT2D eigenvalue weighted by molar-refractivity contribution is 7.12. The maximum absolute atomic E-state index is 12.6. The Morgan fingerprint density at radius 1 is 1.21 bits per heavy atom. The summed E-state index contributed by atoms with van der Waals surface area (Å²) in [5.41, 5.74) is 2.98. The van der Waals surface area contributed by atoms with Crippen molar-refractivity contribution in [2.45, 2.75) is 32.2 Å². The lowest BCUT2D eigenvalue weighted by atomic mass is 10.0. The summed E-state index contributed by atoms with van der Waals surface area (Å²) in [4.78, 5) is 15.8. The molecule has 1 fully saturated rings. The number of rotatable bonds is 5. The Hall–Kier alpha value is -1.85. The van der Waals surface area contributed by atoms with Crippen LogP contribution in [-0.2, 0) is 6.42 Å². The van der Waals surface area contributed by atoms with Crippen LogP contribution in [0.1, 0.15) is 35.0 Å². The van der Waals surface area contributed by atoms with Gasteiger partial charge >= 0.3 is 0 Å². The van der Waals surface area contributed by atoms with Crippen LogP contribution in [0.2, 0.25) is 0 Å². The highest BCUT2D eigenvalue weighted by Crippen LogP contribution is 2.26. The van der Waals surface area contributed by atoms with Crippen molar-refractivity contribution in [2.24, 2.45) is 0 Å². The maximum Gasteiger partial charge on any atom is 0.266 e. The fraction of sp³-hybridized carbons (Fsp3) is 0.421. The van der Waals surface area contributed by atoms with E-state index in [1.165, 1.54) is 11.3 Å². The van der Waals surface area contributed by atoms with E-state index in [2.05, 4.69) is 29.5 Å². The fourth-order valence-corrected chi connectivity index (χ4v) is 3.97. The van der Waals surface area contributed by atoms with Crippen LogP contribution in [0, 0.1) is 0 Å². The van der Waals surface area contributed by atoms with Crippen molar-refractivity contribution < 1.29 is 4.79 Å². The Balaban J connectivity index is 1.71. The Labute approximate surface area is 147 Å². The minimum atomic E-state index is -0.0144. The van der Waals surface area contributed by atoms with Gasteiger partial charge in [-0.25, -0.2) is 0 Å². The van der Waals surface area contributed by atoms with E-state index in [1.807, 2.05) is 35.7 Å². The van der Waals surface area contributed by atoms with Gasteiger partial charge in [0.2, 0.25) is 0 Å². The monoisotopic (exact) mass is 343 g/mol. The standard InChI is InChI=1S/C19H25N3OS/c1-3-14-10-13-24-18(14)19(23)21-17-7-5-4-6-16(17)20-15-8-11-22(2)12-9-15/h4-7,10,13,15,20H,3,8-9,11-12H2,1-2H3,(H,21,23). The largest absolute Gasteiger partial charge is 0.381 e. The van der Waals surface area contributed by atoms with Crippen LogP contribution in [0.4, 0.5) is 11.4 Å². The smallest absolute Gasteiger partial charge is 0.266 e. The number of aryl methyl sites for hydroxylation is 1. The SMILES string of the molecule is CCc1ccsc1C(=O)Nc1ccccc1NC1CCN(C)CC1. The van der Waals surface area contributed by atoms with E-state index in [9.17, 15) is 4.79 Å². The number of anilines is 2. The second-order valence-electron chi connectivity index (χ2n) is 6.35. The number of carbonyl (C=O) groups excluding carboxylic acids is 1. The van der Waals surface area contributed by atoms with Crippen LogP contribution >= 0.6 is 11.3 Å². The fourth-order valence-electron chi connectivity index (χ4n) is 3.08. The molecule has 0 radical (unpaired) electrons. The Kier molecular flexibility index (Phi) is 5.53. The summed E-state index contributed by atoms with van der Waals surface area (Å²) in [5.74, 6) is -0.0144. The van der Waals surface area contributed by atoms with Gasteiger partial charge in [0.1, 0.15) is 0 Å². The first-order valence-electron chi connectivity index (χ1n) is 8.59. The van der Waals surface area contributed by atoms with Crippen molar-refractivity contribution in [3.8, 4) is 0 Å². The number of nitrogens with zero attached hydrogens (tertiary/aromatic N) is 1. The van der Waals surface area contributed by atoms with Crippen LogP contribution in [0.15, 0.2) is 35.7 Å². The molecule has 1 aromatic carbocycles. The Morgan fingerprint density at radius 2 is 1.92 bits per heavy atom. The number of piperidine rings is 1. The van der Waals surface area contributed by atoms with E-state index < -0.39 is 0 Å². The van der Waals surface area contributed by atoms with Gasteiger partial charge in [-0.1, -0.05) is 19.1 Å². The van der Waals surface area contributed by atoms with Crippen molar-refractivity contribution >= 4 is 28.6 Å². The molecule has 0 saturated carbocycles. The molecule has 1 aliphatic rings. The van der Waals surface area contributed by atoms with Gasteiger partial charge in [-0.2, -0.15) is 0 Å². The number of thiophene rings is 1. The molecule has 0 aliphatic carbocycles. The summed E-state index contributed by atoms with van der Waals surface area (Å²) in [6.45, 7) is 4.30. The van der Waals surface area contributed by atoms with Gasteiger partial charge in [-0.3, -0.25) is 4.79 Å². The molecule has 2 N–H and O–H groups in total. The first kappa shape index (κ1) is 17.0. The minimum Gasteiger partial charge on any atom is -0.381 e. The third-order valence-corrected chi connectivity index (χ3v) is 5.54. The maximum atomic E-state index is 12.6. The summed E-state index contributed by atoms with van der Waals surface area (Å²) >= 11 is 1.51. The van der Waals surface area contributed by atoms with Gasteiger partial charge in [0.25, 0.3) is 5.91 Å². The summed E-state index contributed by atoms with van der Waals surface area (Å²) in [5, 5.41) is 8.68. The minimum absolute atomic E-state index is 0.0144. The number of hydrogen-bond acceptors (Lipinski definition) is 4. The van der Waals surface area contributed by atoms with Gasteiger partial charge in [-0.05, 0) is 68.5 Å². The predicted molar refractivity (Wildman–Crippen MR) is 102 cm³/mol. The Morgan fingerprint density at radius 3 is 2.62 bits per heavy atom. The highest BCUT2D eigenvalue weighted by atomic mass is 32.1. The van der Waals surface area contributed by atoms with Crippen LogP contribution in [-0.4, -0.2) is 37.0 Å². The summed E-state index contributed by atoms with van der Waals surface area (Å²) < 4.78 is 0. The molecule has 0 atom stereocenters. The lowest BCUT2D eigenvalue weighted by molar-refractivity contribution is 0.103. The molecule has 1 amide bonds. The molecule has 24 heavy (non-hydrogen) atoms. The van der Waals surface area contributed by atoms with Crippen molar-refractivity contribution in [3.05, 3.63) is 46.2 Å². The molecule has 3 rings (SSSR count). The molecule has 5 heteroatoms. The number of amides is 1. The van der Waals surface area contributed by atoms with E-state index in [4.69, 9.17) is 0 Å². The van der Waals surface area contributed by atoms with Crippen LogP contribution in [0.5, 0.6) is 0 Å². The molecule has 0 bridgehead atoms. The Bertz CT molecular complexity index is 689. The second-order valence-corrected chi connectivity index (χ2v) is 7.27. The molecule has 128 valence electrons. The molecule has 2 aromatic rings. The van der Waals surface area contributed by atoms with E-state index >= 15 is 0 Å². The van der Waals surface area contributed by atoms with E-state index in [0.29, 0.717) is 6.04 Å². The molecule has 4 nitrogen and oxygen atoms in total. The van der Waals surface area contributed by atoms with Crippen LogP contribution in [0.3, 0.4) is 0 Å². The molecule has 1 aliphatic heterocycles. The van der Waals surface area contributed by atoms with Crippen molar-refractivity contribution in [2.75, 3.05) is 30.8 Å². The van der Waals surface area contributed by atoms with E-state index in [0.717, 1.165) is 54.2 Å². The van der Waals surface area contributed by atoms with Gasteiger partial charge in [-0.15, -0.1) is 11.3 Å². The number of nitrogens with one attached hydrogen (secondary N) is 2. The normalized spacial score (nSPS) is 16.1. The van der Waals surface area contributed by atoms with Gasteiger partial charge < -0.3 is 15.5 Å². The van der Waals surface area contributed by atoms with Gasteiger partial charge in [0.15, 0.2) is 0 Å². The highest BCUT2D eigenvalue weighted by Gasteiger charge is 2.18. The number of carbonyl (C=O) groups is 1. The van der Waals surface area contributed by atoms with Crippen molar-refractivity contribution in [1.29, 1.82) is 0 Å². The predicted octanol–water partition coefficient (Wildman–Crippen LogP) is 4.07. The molecule has 1 saturated heterocycles. The zero-order chi connectivity index (χ0) is 16.9. The van der Waals surface area contributed by atoms with Crippen molar-refractivity contribution in [1.82, 2.24) is 4.90 Å². The second kappa shape index (κ2) is 7.81. The van der Waals surface area contributed by atoms with Gasteiger partial charge in [0, 0.05) is 6.04 Å². The molecule has 0 spiro atoms. The third kappa shape index (κ3) is 3.97. The summed E-state index contributed by atoms with van der Waals surface area (Å²) in [7, 11) is 2.16. The zero-order valence-corrected chi connectivity index (χ0v) is 15.2. The van der Waals surface area contributed by atoms with E-state index in [1.54, 1.807) is 0 Å². The number of hydrogen-bond donors (Lipinski definition) is 2. The quantitative estimate of drug-likeness (QED) is 0.860. The lowest BCUT2D eigenvalue weighted by Crippen LogP contribution is -2.36. The summed E-state index contributed by atoms with van der Waals surface area (Å²) in [6.07, 6.45) is 3.13. The third-order valence-electron chi connectivity index (χ3n) is 4.59. The van der Waals surface area contributed by atoms with Gasteiger partial charge in [0.05, 0.1) is 16.3 Å². The first-order valence-corrected chi connectivity index (χ1v) is 9.47. The average molecular weight is 343 g/mol. The lowest BCUT2D eigenvalue weighted by Gasteiger charge is -2.30. The number of benzene rings is 1. The zero-order valence-electron chi connectivity index (χ0n) is 14.3. The van der Waals surface area contributed by atoms with Crippen LogP contribution < -0.4 is 10.6 Å². The van der Waals surface area contributed by atoms with E-state index in [-0.39, 0.29) is 5.91 Å². The molecule has 1 aromatic heterocycles. The molecule has 2 heterocycles. The first-order chi connectivity index (χ1) is 11.7. The molecular weight excluding hydrogens is 318 g/mol. The number of likely N-dealkylation sites (tertiary alicyclic amines) is 1. The number of para-hydroxylation sites is 2. The van der Waals surface area contributed by atoms with Crippen LogP contribution in [0.25, 0.3) is 0 Å². The molecule has 0 unspecified atom stereocenters. The van der Waals surface area contributed by atoms with Crippen molar-refractivity contribution in [3.63, 3.8) is 0 Å².